The zero-order chi connectivity index (χ0) is 11.1. The minimum absolute atomic E-state index is 0.138. The van der Waals surface area contributed by atoms with Crippen molar-refractivity contribution in [1.82, 2.24) is 5.32 Å². The van der Waals surface area contributed by atoms with Crippen LogP contribution in [0.2, 0.25) is 0 Å². The average molecular weight is 211 g/mol. The van der Waals surface area contributed by atoms with Crippen LogP contribution < -0.4 is 5.32 Å². The molecule has 84 valence electrons. The van der Waals surface area contributed by atoms with E-state index in [4.69, 9.17) is 0 Å². The lowest BCUT2D eigenvalue weighted by Gasteiger charge is -2.07. The first-order chi connectivity index (χ1) is 7.18. The summed E-state index contributed by atoms with van der Waals surface area (Å²) in [4.78, 5) is 31.1. The van der Waals surface area contributed by atoms with Gasteiger partial charge in [-0.05, 0) is 19.3 Å². The fourth-order valence-electron chi connectivity index (χ4n) is 1.64. The van der Waals surface area contributed by atoms with E-state index in [1.165, 1.54) is 6.42 Å². The van der Waals surface area contributed by atoms with Crippen LogP contribution in [-0.2, 0) is 14.4 Å². The lowest BCUT2D eigenvalue weighted by molar-refractivity contribution is -0.133. The Morgan fingerprint density at radius 1 is 0.667 bits per heavy atom. The van der Waals surface area contributed by atoms with Gasteiger partial charge in [-0.15, -0.1) is 0 Å². The molecule has 0 aromatic carbocycles. The summed E-state index contributed by atoms with van der Waals surface area (Å²) in [5, 5.41) is 2.20. The van der Waals surface area contributed by atoms with E-state index in [1.807, 2.05) is 0 Å². The number of hydrogen-bond acceptors (Lipinski definition) is 3. The van der Waals surface area contributed by atoms with Crippen LogP contribution in [0.3, 0.4) is 0 Å². The quantitative estimate of drug-likeness (QED) is 0.615. The predicted molar refractivity (Wildman–Crippen MR) is 55.1 cm³/mol. The van der Waals surface area contributed by atoms with Crippen molar-refractivity contribution in [1.29, 1.82) is 0 Å². The van der Waals surface area contributed by atoms with E-state index in [2.05, 4.69) is 5.32 Å². The highest BCUT2D eigenvalue weighted by Crippen LogP contribution is 2.12. The van der Waals surface area contributed by atoms with Crippen molar-refractivity contribution >= 4 is 17.6 Å². The van der Waals surface area contributed by atoms with Gasteiger partial charge in [0.25, 0.3) is 0 Å². The van der Waals surface area contributed by atoms with Crippen LogP contribution in [0.1, 0.15) is 51.4 Å². The molecule has 1 saturated carbocycles. The second-order valence-corrected chi connectivity index (χ2v) is 3.92. The van der Waals surface area contributed by atoms with E-state index in [9.17, 15) is 14.4 Å². The molecule has 4 heteroatoms. The van der Waals surface area contributed by atoms with Crippen LogP contribution >= 0.6 is 0 Å². The highest BCUT2D eigenvalue weighted by molar-refractivity contribution is 5.97. The summed E-state index contributed by atoms with van der Waals surface area (Å²) in [5.74, 6) is 0.189. The molecule has 0 aromatic heterocycles. The van der Waals surface area contributed by atoms with Crippen molar-refractivity contribution in [3.8, 4) is 0 Å². The first kappa shape index (κ1) is 11.9. The Kier molecular flexibility index (Phi) is 5.01. The molecule has 1 aliphatic carbocycles. The van der Waals surface area contributed by atoms with E-state index in [0.717, 1.165) is 25.7 Å². The van der Waals surface area contributed by atoms with Gasteiger partial charge in [-0.25, -0.2) is 0 Å². The minimum Gasteiger partial charge on any atom is -0.300 e. The molecule has 1 aliphatic heterocycles. The van der Waals surface area contributed by atoms with Gasteiger partial charge in [0.1, 0.15) is 5.78 Å². The Labute approximate surface area is 89.4 Å². The Hall–Kier alpha value is -1.19. The van der Waals surface area contributed by atoms with Crippen LogP contribution in [0.25, 0.3) is 0 Å². The molecule has 2 amide bonds. The van der Waals surface area contributed by atoms with Gasteiger partial charge in [0.2, 0.25) is 11.8 Å². The molecule has 1 saturated heterocycles. The van der Waals surface area contributed by atoms with Gasteiger partial charge in [0, 0.05) is 25.7 Å². The van der Waals surface area contributed by atoms with Gasteiger partial charge in [0.05, 0.1) is 0 Å². The van der Waals surface area contributed by atoms with Gasteiger partial charge in [-0.3, -0.25) is 19.7 Å². The maximum atomic E-state index is 10.5. The van der Waals surface area contributed by atoms with E-state index >= 15 is 0 Å². The third-order valence-corrected chi connectivity index (χ3v) is 2.50. The van der Waals surface area contributed by atoms with Gasteiger partial charge in [0.15, 0.2) is 0 Å². The molecule has 4 nitrogen and oxygen atoms in total. The zero-order valence-electron chi connectivity index (χ0n) is 8.88. The second kappa shape index (κ2) is 6.32. The average Bonchev–Trinajstić information content (AvgIpc) is 2.19. The van der Waals surface area contributed by atoms with E-state index in [1.54, 1.807) is 0 Å². The molecular formula is C11H17NO3. The standard InChI is InChI=1S/C6H10O.C5H7NO2/c7-6-4-2-1-3-5-6;7-4-2-1-3-5(8)6-4/h1-5H2;1-3H2,(H,6,7,8). The smallest absolute Gasteiger partial charge is 0.226 e. The minimum atomic E-state index is -0.138. The number of imide groups is 1. The fourth-order valence-corrected chi connectivity index (χ4v) is 1.64. The highest BCUT2D eigenvalue weighted by atomic mass is 16.2. The molecule has 0 atom stereocenters. The molecule has 0 radical (unpaired) electrons. The normalized spacial score (nSPS) is 21.5. The van der Waals surface area contributed by atoms with E-state index in [0.29, 0.717) is 25.0 Å². The molecule has 1 N–H and O–H groups in total. The summed E-state index contributed by atoms with van der Waals surface area (Å²) in [6.45, 7) is 0. The summed E-state index contributed by atoms with van der Waals surface area (Å²) in [6, 6.07) is 0. The van der Waals surface area contributed by atoms with Crippen LogP contribution in [0.4, 0.5) is 0 Å². The predicted octanol–water partition coefficient (Wildman–Crippen LogP) is 1.33. The SMILES string of the molecule is O=C1CCCC(=O)N1.O=C1CCCCC1. The maximum absolute atomic E-state index is 10.5. The van der Waals surface area contributed by atoms with Crippen molar-refractivity contribution < 1.29 is 14.4 Å². The Balaban J connectivity index is 0.000000151. The molecule has 0 aromatic rings. The Bertz CT molecular complexity index is 239. The highest BCUT2D eigenvalue weighted by Gasteiger charge is 2.13. The summed E-state index contributed by atoms with van der Waals surface area (Å²) < 4.78 is 0. The van der Waals surface area contributed by atoms with Crippen molar-refractivity contribution in [2.24, 2.45) is 0 Å². The first-order valence-electron chi connectivity index (χ1n) is 5.53. The number of carbonyl (C=O) groups excluding carboxylic acids is 3. The van der Waals surface area contributed by atoms with Crippen molar-refractivity contribution in [3.05, 3.63) is 0 Å². The summed E-state index contributed by atoms with van der Waals surface area (Å²) in [6.07, 6.45) is 6.96. The summed E-state index contributed by atoms with van der Waals surface area (Å²) >= 11 is 0. The lowest BCUT2D eigenvalue weighted by atomic mass is 10.00. The second-order valence-electron chi connectivity index (χ2n) is 3.92. The molecule has 0 bridgehead atoms. The monoisotopic (exact) mass is 211 g/mol. The molecule has 1 heterocycles. The third kappa shape index (κ3) is 5.30. The van der Waals surface area contributed by atoms with Crippen molar-refractivity contribution in [2.75, 3.05) is 0 Å². The van der Waals surface area contributed by atoms with Gasteiger partial charge < -0.3 is 0 Å². The number of carbonyl (C=O) groups is 3. The lowest BCUT2D eigenvalue weighted by Crippen LogP contribution is -2.33. The van der Waals surface area contributed by atoms with E-state index in [-0.39, 0.29) is 11.8 Å². The van der Waals surface area contributed by atoms with Crippen molar-refractivity contribution in [2.45, 2.75) is 51.4 Å². The van der Waals surface area contributed by atoms with E-state index < -0.39 is 0 Å². The molecule has 15 heavy (non-hydrogen) atoms. The molecule has 0 unspecified atom stereocenters. The largest absolute Gasteiger partial charge is 0.300 e. The Morgan fingerprint density at radius 3 is 1.47 bits per heavy atom. The first-order valence-corrected chi connectivity index (χ1v) is 5.53. The van der Waals surface area contributed by atoms with Gasteiger partial charge in [-0.1, -0.05) is 6.42 Å². The number of ketones is 1. The molecule has 2 aliphatic rings. The maximum Gasteiger partial charge on any atom is 0.226 e. The van der Waals surface area contributed by atoms with Gasteiger partial charge in [-0.2, -0.15) is 0 Å². The van der Waals surface area contributed by atoms with Crippen molar-refractivity contribution in [3.63, 3.8) is 0 Å². The molecule has 0 spiro atoms. The van der Waals surface area contributed by atoms with Crippen LogP contribution in [0, 0.1) is 0 Å². The fraction of sp³-hybridized carbons (Fsp3) is 0.727. The zero-order valence-corrected chi connectivity index (χ0v) is 8.88. The number of nitrogens with one attached hydrogen (secondary N) is 1. The number of piperidine rings is 1. The number of Topliss-reactive ketones (excluding diaryl/α,β-unsaturated/α-hetero) is 1. The molecular weight excluding hydrogens is 194 g/mol. The molecule has 2 rings (SSSR count). The topological polar surface area (TPSA) is 63.2 Å². The Morgan fingerprint density at radius 2 is 1.20 bits per heavy atom. The van der Waals surface area contributed by atoms with Crippen LogP contribution in [0.5, 0.6) is 0 Å². The van der Waals surface area contributed by atoms with Crippen LogP contribution in [0.15, 0.2) is 0 Å². The number of hydrogen-bond donors (Lipinski definition) is 1. The summed E-state index contributed by atoms with van der Waals surface area (Å²) in [5.41, 5.74) is 0. The molecule has 2 fully saturated rings. The van der Waals surface area contributed by atoms with Crippen LogP contribution in [-0.4, -0.2) is 17.6 Å². The third-order valence-electron chi connectivity index (χ3n) is 2.50. The summed E-state index contributed by atoms with van der Waals surface area (Å²) in [7, 11) is 0. The number of rotatable bonds is 0. The number of amides is 2. The van der Waals surface area contributed by atoms with Gasteiger partial charge >= 0.3 is 0 Å².